The Balaban J connectivity index is 2.73. The molecule has 0 bridgehead atoms. The van der Waals surface area contributed by atoms with Gasteiger partial charge in [-0.1, -0.05) is 50.2 Å². The summed E-state index contributed by atoms with van der Waals surface area (Å²) in [6.07, 6.45) is 0. The summed E-state index contributed by atoms with van der Waals surface area (Å²) in [6, 6.07) is 11.8. The van der Waals surface area contributed by atoms with Crippen LogP contribution in [-0.2, 0) is 5.41 Å². The third-order valence-electron chi connectivity index (χ3n) is 4.13. The molecule has 0 unspecified atom stereocenters. The SMILES string of the molecule is Cc1cc(C(C)(C)c2ccccc2)c(C)c(C(=O)O)c1O. The van der Waals surface area contributed by atoms with Crippen molar-refractivity contribution in [2.45, 2.75) is 33.1 Å². The van der Waals surface area contributed by atoms with E-state index in [1.807, 2.05) is 36.4 Å². The maximum atomic E-state index is 11.5. The highest BCUT2D eigenvalue weighted by atomic mass is 16.4. The summed E-state index contributed by atoms with van der Waals surface area (Å²) < 4.78 is 0. The van der Waals surface area contributed by atoms with E-state index in [4.69, 9.17) is 0 Å². The topological polar surface area (TPSA) is 57.5 Å². The predicted molar refractivity (Wildman–Crippen MR) is 83.1 cm³/mol. The quantitative estimate of drug-likeness (QED) is 0.894. The average molecular weight is 284 g/mol. The van der Waals surface area contributed by atoms with Gasteiger partial charge in [-0.05, 0) is 36.1 Å². The van der Waals surface area contributed by atoms with Crippen LogP contribution >= 0.6 is 0 Å². The average Bonchev–Trinajstić information content (AvgIpc) is 2.43. The lowest BCUT2D eigenvalue weighted by Crippen LogP contribution is -2.22. The third-order valence-corrected chi connectivity index (χ3v) is 4.13. The Morgan fingerprint density at radius 3 is 2.19 bits per heavy atom. The largest absolute Gasteiger partial charge is 0.507 e. The van der Waals surface area contributed by atoms with E-state index in [1.54, 1.807) is 13.8 Å². The Bertz CT molecular complexity index is 685. The van der Waals surface area contributed by atoms with E-state index >= 15 is 0 Å². The number of aromatic carboxylic acids is 1. The van der Waals surface area contributed by atoms with Crippen LogP contribution in [0, 0.1) is 13.8 Å². The number of hydrogen-bond donors (Lipinski definition) is 2. The van der Waals surface area contributed by atoms with Gasteiger partial charge in [-0.3, -0.25) is 0 Å². The second-order valence-corrected chi connectivity index (χ2v) is 5.89. The second-order valence-electron chi connectivity index (χ2n) is 5.89. The Morgan fingerprint density at radius 1 is 1.10 bits per heavy atom. The first-order valence-electron chi connectivity index (χ1n) is 6.89. The molecular formula is C18H20O3. The number of aromatic hydroxyl groups is 1. The van der Waals surface area contributed by atoms with Gasteiger partial charge in [-0.2, -0.15) is 0 Å². The van der Waals surface area contributed by atoms with Crippen LogP contribution in [0.5, 0.6) is 5.75 Å². The number of carboxylic acids is 1. The molecule has 0 aromatic heterocycles. The third kappa shape index (κ3) is 2.51. The molecule has 0 aliphatic heterocycles. The summed E-state index contributed by atoms with van der Waals surface area (Å²) in [5, 5.41) is 19.4. The van der Waals surface area contributed by atoms with E-state index in [0.29, 0.717) is 11.1 Å². The van der Waals surface area contributed by atoms with Gasteiger partial charge in [0.2, 0.25) is 0 Å². The fraction of sp³-hybridized carbons (Fsp3) is 0.278. The van der Waals surface area contributed by atoms with Crippen molar-refractivity contribution in [1.29, 1.82) is 0 Å². The lowest BCUT2D eigenvalue weighted by Gasteiger charge is -2.29. The Morgan fingerprint density at radius 2 is 1.67 bits per heavy atom. The summed E-state index contributed by atoms with van der Waals surface area (Å²) in [5.74, 6) is -1.24. The Kier molecular flexibility index (Phi) is 3.77. The van der Waals surface area contributed by atoms with Gasteiger partial charge >= 0.3 is 5.97 Å². The van der Waals surface area contributed by atoms with E-state index in [2.05, 4.69) is 13.8 Å². The van der Waals surface area contributed by atoms with Crippen LogP contribution in [0.15, 0.2) is 36.4 Å². The summed E-state index contributed by atoms with van der Waals surface area (Å²) >= 11 is 0. The molecule has 0 radical (unpaired) electrons. The molecule has 0 amide bonds. The first kappa shape index (κ1) is 15.1. The standard InChI is InChI=1S/C18H20O3/c1-11-10-14(12(2)15(16(11)19)17(20)21)18(3,4)13-8-6-5-7-9-13/h5-10,19H,1-4H3,(H,20,21). The van der Waals surface area contributed by atoms with Gasteiger partial charge in [0, 0.05) is 5.41 Å². The van der Waals surface area contributed by atoms with Crippen LogP contribution in [0.4, 0.5) is 0 Å². The maximum absolute atomic E-state index is 11.5. The lowest BCUT2D eigenvalue weighted by molar-refractivity contribution is 0.0692. The Labute approximate surface area is 124 Å². The molecule has 3 heteroatoms. The number of carboxylic acid groups (broad SMARTS) is 1. The first-order chi connectivity index (χ1) is 9.76. The van der Waals surface area contributed by atoms with Crippen LogP contribution in [-0.4, -0.2) is 16.2 Å². The number of aryl methyl sites for hydroxylation is 1. The molecule has 21 heavy (non-hydrogen) atoms. The van der Waals surface area contributed by atoms with Crippen molar-refractivity contribution in [2.24, 2.45) is 0 Å². The normalized spacial score (nSPS) is 11.4. The zero-order valence-electron chi connectivity index (χ0n) is 12.8. The molecule has 0 spiro atoms. The predicted octanol–water partition coefficient (Wildman–Crippen LogP) is 4.03. The minimum atomic E-state index is -1.10. The molecule has 0 heterocycles. The van der Waals surface area contributed by atoms with Crippen molar-refractivity contribution in [1.82, 2.24) is 0 Å². The molecule has 2 rings (SSSR count). The van der Waals surface area contributed by atoms with Crippen molar-refractivity contribution in [3.63, 3.8) is 0 Å². The molecule has 2 aromatic carbocycles. The maximum Gasteiger partial charge on any atom is 0.339 e. The fourth-order valence-electron chi connectivity index (χ4n) is 2.82. The first-order valence-corrected chi connectivity index (χ1v) is 6.89. The molecule has 0 aliphatic carbocycles. The summed E-state index contributed by atoms with van der Waals surface area (Å²) in [6.45, 7) is 7.61. The van der Waals surface area contributed by atoms with Gasteiger partial charge in [0.25, 0.3) is 0 Å². The minimum absolute atomic E-state index is 0.00555. The lowest BCUT2D eigenvalue weighted by atomic mass is 9.74. The Hall–Kier alpha value is -2.29. The van der Waals surface area contributed by atoms with Crippen LogP contribution in [0.2, 0.25) is 0 Å². The smallest absolute Gasteiger partial charge is 0.339 e. The molecule has 0 aliphatic rings. The second kappa shape index (κ2) is 5.24. The van der Waals surface area contributed by atoms with Crippen LogP contribution < -0.4 is 0 Å². The summed E-state index contributed by atoms with van der Waals surface area (Å²) in [5.41, 5.74) is 2.87. The minimum Gasteiger partial charge on any atom is -0.507 e. The van der Waals surface area contributed by atoms with Crippen molar-refractivity contribution in [2.75, 3.05) is 0 Å². The van der Waals surface area contributed by atoms with E-state index in [0.717, 1.165) is 11.1 Å². The molecule has 0 saturated carbocycles. The molecule has 110 valence electrons. The monoisotopic (exact) mass is 284 g/mol. The van der Waals surface area contributed by atoms with Gasteiger partial charge in [0.05, 0.1) is 0 Å². The molecule has 3 nitrogen and oxygen atoms in total. The number of hydrogen-bond acceptors (Lipinski definition) is 2. The summed E-state index contributed by atoms with van der Waals surface area (Å²) in [4.78, 5) is 11.5. The molecule has 0 atom stereocenters. The number of carbonyl (C=O) groups is 1. The number of rotatable bonds is 3. The molecule has 2 aromatic rings. The zero-order valence-corrected chi connectivity index (χ0v) is 12.8. The van der Waals surface area contributed by atoms with Crippen molar-refractivity contribution < 1.29 is 15.0 Å². The fourth-order valence-corrected chi connectivity index (χ4v) is 2.82. The van der Waals surface area contributed by atoms with Gasteiger partial charge in [0.15, 0.2) is 0 Å². The molecule has 0 saturated heterocycles. The van der Waals surface area contributed by atoms with E-state index < -0.39 is 5.97 Å². The molecule has 0 fully saturated rings. The highest BCUT2D eigenvalue weighted by molar-refractivity contribution is 5.93. The van der Waals surface area contributed by atoms with Gasteiger partial charge in [0.1, 0.15) is 11.3 Å². The highest BCUT2D eigenvalue weighted by Gasteiger charge is 2.29. The van der Waals surface area contributed by atoms with E-state index in [-0.39, 0.29) is 16.7 Å². The van der Waals surface area contributed by atoms with Crippen LogP contribution in [0.3, 0.4) is 0 Å². The van der Waals surface area contributed by atoms with Gasteiger partial charge < -0.3 is 10.2 Å². The van der Waals surface area contributed by atoms with Crippen molar-refractivity contribution in [3.05, 3.63) is 64.2 Å². The molecular weight excluding hydrogens is 264 g/mol. The van der Waals surface area contributed by atoms with Crippen molar-refractivity contribution in [3.8, 4) is 5.75 Å². The zero-order chi connectivity index (χ0) is 15.8. The summed E-state index contributed by atoms with van der Waals surface area (Å²) in [7, 11) is 0. The number of phenols is 1. The van der Waals surface area contributed by atoms with Gasteiger partial charge in [-0.15, -0.1) is 0 Å². The number of benzene rings is 2. The highest BCUT2D eigenvalue weighted by Crippen LogP contribution is 2.38. The van der Waals surface area contributed by atoms with Crippen LogP contribution in [0.25, 0.3) is 0 Å². The van der Waals surface area contributed by atoms with Crippen LogP contribution in [0.1, 0.15) is 46.5 Å². The van der Waals surface area contributed by atoms with Crippen molar-refractivity contribution >= 4 is 5.97 Å². The van der Waals surface area contributed by atoms with E-state index in [9.17, 15) is 15.0 Å². The van der Waals surface area contributed by atoms with Gasteiger partial charge in [-0.25, -0.2) is 4.79 Å². The molecule has 2 N–H and O–H groups in total. The van der Waals surface area contributed by atoms with E-state index in [1.165, 1.54) is 0 Å².